The van der Waals surface area contributed by atoms with Gasteiger partial charge in [0.05, 0.1) is 16.9 Å². The summed E-state index contributed by atoms with van der Waals surface area (Å²) in [6.07, 6.45) is 6.60. The molecular formula is C27H37N5O2. The average molecular weight is 464 g/mol. The maximum Gasteiger partial charge on any atom is 0.257 e. The summed E-state index contributed by atoms with van der Waals surface area (Å²) in [5.41, 5.74) is 2.64. The van der Waals surface area contributed by atoms with Gasteiger partial charge in [-0.2, -0.15) is 0 Å². The van der Waals surface area contributed by atoms with E-state index in [-0.39, 0.29) is 11.8 Å². The van der Waals surface area contributed by atoms with Crippen LogP contribution in [0.25, 0.3) is 0 Å². The first-order chi connectivity index (χ1) is 16.5. The molecule has 1 N–H and O–H groups in total. The van der Waals surface area contributed by atoms with Crippen molar-refractivity contribution < 1.29 is 9.59 Å². The number of likely N-dealkylation sites (tertiary alicyclic amines) is 1. The Morgan fingerprint density at radius 3 is 2.82 bits per heavy atom. The van der Waals surface area contributed by atoms with Gasteiger partial charge in [-0.05, 0) is 76.6 Å². The van der Waals surface area contributed by atoms with Gasteiger partial charge in [0.1, 0.15) is 0 Å². The predicted molar refractivity (Wildman–Crippen MR) is 137 cm³/mol. The number of rotatable bonds is 8. The van der Waals surface area contributed by atoms with E-state index in [4.69, 9.17) is 0 Å². The number of anilines is 3. The van der Waals surface area contributed by atoms with Crippen LogP contribution in [0.1, 0.15) is 61.9 Å². The van der Waals surface area contributed by atoms with Gasteiger partial charge in [0, 0.05) is 25.2 Å². The number of piperidine rings is 1. The maximum absolute atomic E-state index is 13.6. The van der Waals surface area contributed by atoms with Crippen molar-refractivity contribution in [3.8, 4) is 0 Å². The summed E-state index contributed by atoms with van der Waals surface area (Å²) in [6, 6.07) is 9.76. The Kier molecular flexibility index (Phi) is 7.95. The predicted octanol–water partition coefficient (Wildman–Crippen LogP) is 4.60. The van der Waals surface area contributed by atoms with Crippen LogP contribution in [0.15, 0.2) is 36.5 Å². The zero-order valence-electron chi connectivity index (χ0n) is 20.7. The average Bonchev–Trinajstić information content (AvgIpc) is 2.97. The van der Waals surface area contributed by atoms with E-state index in [9.17, 15) is 9.59 Å². The molecule has 0 spiro atoms. The Balaban J connectivity index is 1.49. The molecule has 0 saturated carbocycles. The van der Waals surface area contributed by atoms with Gasteiger partial charge in [0.25, 0.3) is 5.91 Å². The molecular weight excluding hydrogens is 426 g/mol. The van der Waals surface area contributed by atoms with Crippen LogP contribution in [-0.4, -0.2) is 65.4 Å². The summed E-state index contributed by atoms with van der Waals surface area (Å²) >= 11 is 0. The Morgan fingerprint density at radius 2 is 2.03 bits per heavy atom. The topological polar surface area (TPSA) is 68.8 Å². The van der Waals surface area contributed by atoms with Crippen LogP contribution >= 0.6 is 0 Å². The van der Waals surface area contributed by atoms with Gasteiger partial charge in [-0.15, -0.1) is 0 Å². The summed E-state index contributed by atoms with van der Waals surface area (Å²) in [6.45, 7) is 11.7. The Hall–Kier alpha value is -2.77. The molecule has 7 heteroatoms. The van der Waals surface area contributed by atoms with Crippen molar-refractivity contribution in [1.29, 1.82) is 0 Å². The van der Waals surface area contributed by atoms with Crippen molar-refractivity contribution in [1.82, 2.24) is 14.8 Å². The van der Waals surface area contributed by atoms with Gasteiger partial charge in [0.15, 0.2) is 5.82 Å². The molecule has 3 heterocycles. The number of hydrogen-bond donors (Lipinski definition) is 1. The summed E-state index contributed by atoms with van der Waals surface area (Å²) in [4.78, 5) is 37.7. The van der Waals surface area contributed by atoms with Crippen LogP contribution < -0.4 is 10.2 Å². The molecule has 7 nitrogen and oxygen atoms in total. The third-order valence-corrected chi connectivity index (χ3v) is 7.08. The van der Waals surface area contributed by atoms with Crippen LogP contribution in [-0.2, 0) is 4.79 Å². The van der Waals surface area contributed by atoms with Crippen LogP contribution in [0.4, 0.5) is 17.2 Å². The summed E-state index contributed by atoms with van der Waals surface area (Å²) in [5.74, 6) is 0.246. The molecule has 2 amide bonds. The molecule has 182 valence electrons. The fourth-order valence-electron chi connectivity index (χ4n) is 5.14. The van der Waals surface area contributed by atoms with Crippen molar-refractivity contribution in [2.75, 3.05) is 42.9 Å². The third kappa shape index (κ3) is 5.31. The van der Waals surface area contributed by atoms with E-state index in [2.05, 4.69) is 33.9 Å². The molecule has 0 radical (unpaired) electrons. The first kappa shape index (κ1) is 24.4. The van der Waals surface area contributed by atoms with Gasteiger partial charge < -0.3 is 10.2 Å². The lowest BCUT2D eigenvalue weighted by Crippen LogP contribution is -2.47. The minimum Gasteiger partial charge on any atom is -0.319 e. The molecule has 1 atom stereocenters. The summed E-state index contributed by atoms with van der Waals surface area (Å²) in [7, 11) is 0. The number of benzene rings is 1. The van der Waals surface area contributed by atoms with E-state index in [1.807, 2.05) is 25.1 Å². The Morgan fingerprint density at radius 1 is 1.21 bits per heavy atom. The van der Waals surface area contributed by atoms with E-state index in [0.717, 1.165) is 44.7 Å². The number of amides is 2. The van der Waals surface area contributed by atoms with Gasteiger partial charge in [-0.3, -0.25) is 19.4 Å². The monoisotopic (exact) mass is 463 g/mol. The second-order valence-electron chi connectivity index (χ2n) is 9.35. The number of hydrogen-bond acceptors (Lipinski definition) is 5. The van der Waals surface area contributed by atoms with Crippen LogP contribution in [0.3, 0.4) is 0 Å². The molecule has 2 aliphatic rings. The fourth-order valence-corrected chi connectivity index (χ4v) is 5.14. The van der Waals surface area contributed by atoms with Crippen molar-refractivity contribution in [3.05, 3.63) is 47.7 Å². The highest BCUT2D eigenvalue weighted by Gasteiger charge is 2.30. The molecule has 0 bridgehead atoms. The second-order valence-corrected chi connectivity index (χ2v) is 9.35. The van der Waals surface area contributed by atoms with Gasteiger partial charge in [-0.25, -0.2) is 4.98 Å². The third-order valence-electron chi connectivity index (χ3n) is 7.08. The Labute approximate surface area is 203 Å². The van der Waals surface area contributed by atoms with E-state index < -0.39 is 0 Å². The molecule has 1 fully saturated rings. The number of carbonyl (C=O) groups excluding carboxylic acids is 2. The largest absolute Gasteiger partial charge is 0.319 e. The first-order valence-electron chi connectivity index (χ1n) is 12.7. The zero-order valence-corrected chi connectivity index (χ0v) is 20.7. The van der Waals surface area contributed by atoms with Crippen LogP contribution in [0, 0.1) is 6.92 Å². The Bertz CT molecular complexity index is 1020. The SMILES string of the molecule is CCN(CC)CC1CCCCN1CCCC(=O)N1c2ccc(C)cc2C(=O)Nc2cccnc21. The number of nitrogens with zero attached hydrogens (tertiary/aromatic N) is 4. The maximum atomic E-state index is 13.6. The molecule has 2 aliphatic heterocycles. The molecule has 1 unspecified atom stereocenters. The number of fused-ring (bicyclic) bond motifs is 2. The number of aryl methyl sites for hydroxylation is 1. The fraction of sp³-hybridized carbons (Fsp3) is 0.519. The molecule has 2 aromatic rings. The standard InChI is InChI=1S/C27H37N5O2/c1-4-30(5-2)19-21-10-6-7-16-31(21)17-9-12-25(33)32-24-14-13-20(3)18-22(24)27(34)29-23-11-8-15-28-26(23)32/h8,11,13-15,18,21H,4-7,9-10,12,16-17,19H2,1-3H3,(H,29,34). The summed E-state index contributed by atoms with van der Waals surface area (Å²) < 4.78 is 0. The first-order valence-corrected chi connectivity index (χ1v) is 12.7. The van der Waals surface area contributed by atoms with E-state index >= 15 is 0 Å². The highest BCUT2D eigenvalue weighted by atomic mass is 16.2. The lowest BCUT2D eigenvalue weighted by Gasteiger charge is -2.38. The molecule has 1 aromatic heterocycles. The van der Waals surface area contributed by atoms with Crippen LogP contribution in [0.5, 0.6) is 0 Å². The van der Waals surface area contributed by atoms with E-state index in [1.165, 1.54) is 19.3 Å². The van der Waals surface area contributed by atoms with Crippen molar-refractivity contribution in [2.24, 2.45) is 0 Å². The normalized spacial score (nSPS) is 18.3. The van der Waals surface area contributed by atoms with Crippen molar-refractivity contribution in [3.63, 3.8) is 0 Å². The number of pyridine rings is 1. The lowest BCUT2D eigenvalue weighted by atomic mass is 10.0. The molecule has 1 saturated heterocycles. The highest BCUT2D eigenvalue weighted by Crippen LogP contribution is 2.37. The molecule has 4 rings (SSSR count). The summed E-state index contributed by atoms with van der Waals surface area (Å²) in [5, 5.41) is 2.93. The number of carbonyl (C=O) groups is 2. The quantitative estimate of drug-likeness (QED) is 0.620. The molecule has 34 heavy (non-hydrogen) atoms. The van der Waals surface area contributed by atoms with Crippen LogP contribution in [0.2, 0.25) is 0 Å². The number of aromatic nitrogens is 1. The van der Waals surface area contributed by atoms with Crippen molar-refractivity contribution in [2.45, 2.75) is 58.9 Å². The van der Waals surface area contributed by atoms with Gasteiger partial charge >= 0.3 is 0 Å². The molecule has 0 aliphatic carbocycles. The van der Waals surface area contributed by atoms with Gasteiger partial charge in [0.2, 0.25) is 5.91 Å². The van der Waals surface area contributed by atoms with Gasteiger partial charge in [-0.1, -0.05) is 31.9 Å². The second kappa shape index (κ2) is 11.1. The molecule has 1 aromatic carbocycles. The minimum atomic E-state index is -0.212. The zero-order chi connectivity index (χ0) is 24.1. The van der Waals surface area contributed by atoms with E-state index in [1.54, 1.807) is 23.2 Å². The number of likely N-dealkylation sites (N-methyl/N-ethyl adjacent to an activating group) is 1. The smallest absolute Gasteiger partial charge is 0.257 e. The minimum absolute atomic E-state index is 0.0288. The highest BCUT2D eigenvalue weighted by molar-refractivity contribution is 6.17. The lowest BCUT2D eigenvalue weighted by molar-refractivity contribution is -0.118. The van der Waals surface area contributed by atoms with Crippen molar-refractivity contribution >= 4 is 29.0 Å². The number of nitrogens with one attached hydrogen (secondary N) is 1. The van der Waals surface area contributed by atoms with E-state index in [0.29, 0.717) is 35.2 Å².